The number of carbonyl (C=O) groups excluding carboxylic acids is 1. The van der Waals surface area contributed by atoms with Gasteiger partial charge in [0.25, 0.3) is 0 Å². The number of amides is 2. The number of likely N-dealkylation sites (tertiary alicyclic amines) is 1. The summed E-state index contributed by atoms with van der Waals surface area (Å²) in [6, 6.07) is 7.81. The van der Waals surface area contributed by atoms with Gasteiger partial charge in [0.2, 0.25) is 5.91 Å². The van der Waals surface area contributed by atoms with Gasteiger partial charge >= 0.3 is 6.09 Å². The van der Waals surface area contributed by atoms with Crippen molar-refractivity contribution in [2.45, 2.75) is 115 Å². The number of hydrogen-bond donors (Lipinski definition) is 1. The molecule has 1 N–H and O–H groups in total. The first-order valence-electron chi connectivity index (χ1n) is 12.6. The Kier molecular flexibility index (Phi) is 7.26. The Morgan fingerprint density at radius 2 is 1.55 bits per heavy atom. The van der Waals surface area contributed by atoms with Gasteiger partial charge in [-0.15, -0.1) is 0 Å². The van der Waals surface area contributed by atoms with Crippen LogP contribution in [0, 0.1) is 0 Å². The molecule has 0 radical (unpaired) electrons. The van der Waals surface area contributed by atoms with E-state index in [1.807, 2.05) is 0 Å². The second kappa shape index (κ2) is 9.21. The molecule has 1 aromatic carbocycles. The fraction of sp³-hybridized carbons (Fsp3) is 0.692. The molecule has 2 amide bonds. The fourth-order valence-corrected chi connectivity index (χ4v) is 19.5. The third-order valence-electron chi connectivity index (χ3n) is 7.63. The summed E-state index contributed by atoms with van der Waals surface area (Å²) in [6.07, 6.45) is 5.40. The number of β-lactam (4-membered cyclic amide) rings is 1. The smallest absolute Gasteiger partial charge is 0.408 e. The summed E-state index contributed by atoms with van der Waals surface area (Å²) in [4.78, 5) is 29.3. The highest BCUT2D eigenvalue weighted by molar-refractivity contribution is 6.96. The molecule has 7 heteroatoms. The Balaban J connectivity index is 1.81. The summed E-state index contributed by atoms with van der Waals surface area (Å²) in [6.45, 7) is 18.3. The number of hydrogen-bond acceptors (Lipinski definition) is 2. The van der Waals surface area contributed by atoms with Gasteiger partial charge in [-0.1, -0.05) is 82.8 Å². The highest BCUT2D eigenvalue weighted by Crippen LogP contribution is 2.42. The third-order valence-corrected chi connectivity index (χ3v) is 16.6. The molecular formula is C26H44N2O3Si2. The van der Waals surface area contributed by atoms with Crippen molar-refractivity contribution >= 4 is 28.1 Å². The van der Waals surface area contributed by atoms with E-state index in [2.05, 4.69) is 82.3 Å². The number of nitrogens with zero attached hydrogens (tertiary/aromatic N) is 2. The Bertz CT molecular complexity index is 851. The average molecular weight is 489 g/mol. The topological polar surface area (TPSA) is 60.9 Å². The minimum Gasteiger partial charge on any atom is -0.465 e. The van der Waals surface area contributed by atoms with Crippen molar-refractivity contribution in [1.29, 1.82) is 0 Å². The molecule has 1 heterocycles. The van der Waals surface area contributed by atoms with E-state index in [1.54, 1.807) is 0 Å². The van der Waals surface area contributed by atoms with Gasteiger partial charge in [0.05, 0.1) is 21.7 Å². The number of carboxylic acid groups (broad SMARTS) is 1. The van der Waals surface area contributed by atoms with Crippen molar-refractivity contribution < 1.29 is 14.7 Å². The van der Waals surface area contributed by atoms with E-state index in [0.29, 0.717) is 5.92 Å². The SMILES string of the molecule is CC1(C)[C@@H](N(Cc2ccc(C3CCCCC3)cc2)C(=O)O)C(=O)N1C([Si](C)(C)C)[Si](C)(C)C. The number of carbonyl (C=O) groups is 2. The van der Waals surface area contributed by atoms with E-state index in [9.17, 15) is 14.7 Å². The molecule has 1 atom stereocenters. The van der Waals surface area contributed by atoms with E-state index in [4.69, 9.17) is 0 Å². The van der Waals surface area contributed by atoms with Crippen LogP contribution in [-0.4, -0.2) is 59.9 Å². The summed E-state index contributed by atoms with van der Waals surface area (Å²) in [5.74, 6) is 0.611. The summed E-state index contributed by atoms with van der Waals surface area (Å²) in [5.41, 5.74) is 1.80. The number of benzene rings is 1. The van der Waals surface area contributed by atoms with Crippen LogP contribution in [0.15, 0.2) is 24.3 Å². The van der Waals surface area contributed by atoms with Gasteiger partial charge in [0.1, 0.15) is 6.04 Å². The maximum Gasteiger partial charge on any atom is 0.408 e. The van der Waals surface area contributed by atoms with Crippen LogP contribution in [0.3, 0.4) is 0 Å². The van der Waals surface area contributed by atoms with Gasteiger partial charge in [0, 0.05) is 11.8 Å². The summed E-state index contributed by atoms with van der Waals surface area (Å²) < 4.78 is 0. The van der Waals surface area contributed by atoms with E-state index in [1.165, 1.54) is 42.6 Å². The van der Waals surface area contributed by atoms with Crippen LogP contribution in [-0.2, 0) is 11.3 Å². The second-order valence-corrected chi connectivity index (χ2v) is 24.0. The first kappa shape index (κ1) is 26.0. The monoisotopic (exact) mass is 488 g/mol. The predicted octanol–water partition coefficient (Wildman–Crippen LogP) is 6.33. The molecule has 184 valence electrons. The minimum absolute atomic E-state index is 0.0175. The molecule has 2 aliphatic rings. The Hall–Kier alpha value is -1.61. The molecular weight excluding hydrogens is 444 g/mol. The summed E-state index contributed by atoms with van der Waals surface area (Å²) in [5, 5.41) is 10.4. The molecule has 0 aromatic heterocycles. The zero-order valence-corrected chi connectivity index (χ0v) is 23.9. The van der Waals surface area contributed by atoms with E-state index in [0.717, 1.165) is 5.56 Å². The van der Waals surface area contributed by atoms with Crippen LogP contribution >= 0.6 is 0 Å². The molecule has 1 aliphatic carbocycles. The average Bonchev–Trinajstić information content (AvgIpc) is 2.70. The van der Waals surface area contributed by atoms with Gasteiger partial charge in [-0.25, -0.2) is 4.79 Å². The molecule has 2 fully saturated rings. The van der Waals surface area contributed by atoms with Crippen molar-refractivity contribution in [1.82, 2.24) is 9.80 Å². The van der Waals surface area contributed by atoms with Crippen LogP contribution in [0.4, 0.5) is 4.79 Å². The normalized spacial score (nSPS) is 21.8. The minimum atomic E-state index is -1.67. The Morgan fingerprint density at radius 1 is 1.03 bits per heavy atom. The Morgan fingerprint density at radius 3 is 1.97 bits per heavy atom. The van der Waals surface area contributed by atoms with Crippen molar-refractivity contribution in [2.75, 3.05) is 0 Å². The quantitative estimate of drug-likeness (QED) is 0.360. The summed E-state index contributed by atoms with van der Waals surface area (Å²) >= 11 is 0. The molecule has 0 spiro atoms. The highest BCUT2D eigenvalue weighted by atomic mass is 28.4. The lowest BCUT2D eigenvalue weighted by atomic mass is 9.81. The molecule has 0 unspecified atom stereocenters. The van der Waals surface area contributed by atoms with Crippen molar-refractivity contribution in [3.8, 4) is 0 Å². The highest BCUT2D eigenvalue weighted by Gasteiger charge is 2.63. The van der Waals surface area contributed by atoms with Crippen LogP contribution in [0.5, 0.6) is 0 Å². The third kappa shape index (κ3) is 5.24. The van der Waals surface area contributed by atoms with E-state index >= 15 is 0 Å². The largest absolute Gasteiger partial charge is 0.465 e. The molecule has 33 heavy (non-hydrogen) atoms. The maximum atomic E-state index is 13.6. The molecule has 5 nitrogen and oxygen atoms in total. The van der Waals surface area contributed by atoms with Gasteiger partial charge in [-0.2, -0.15) is 0 Å². The lowest BCUT2D eigenvalue weighted by Gasteiger charge is -2.63. The van der Waals surface area contributed by atoms with Crippen molar-refractivity contribution in [3.63, 3.8) is 0 Å². The lowest BCUT2D eigenvalue weighted by molar-refractivity contribution is -0.169. The van der Waals surface area contributed by atoms with Crippen molar-refractivity contribution in [2.24, 2.45) is 0 Å². The zero-order valence-electron chi connectivity index (χ0n) is 21.9. The van der Waals surface area contributed by atoms with Gasteiger partial charge < -0.3 is 10.0 Å². The van der Waals surface area contributed by atoms with Gasteiger partial charge in [-0.05, 0) is 43.7 Å². The molecule has 1 aliphatic heterocycles. The van der Waals surface area contributed by atoms with E-state index in [-0.39, 0.29) is 17.7 Å². The fourth-order valence-electron chi connectivity index (χ4n) is 6.63. The Labute approximate surface area is 202 Å². The van der Waals surface area contributed by atoms with E-state index < -0.39 is 33.8 Å². The zero-order chi connectivity index (χ0) is 24.8. The van der Waals surface area contributed by atoms with Crippen LogP contribution < -0.4 is 0 Å². The van der Waals surface area contributed by atoms with Crippen LogP contribution in [0.1, 0.15) is 63.0 Å². The van der Waals surface area contributed by atoms with Crippen LogP contribution in [0.25, 0.3) is 0 Å². The molecule has 3 rings (SSSR count). The first-order valence-corrected chi connectivity index (χ1v) is 19.7. The van der Waals surface area contributed by atoms with Crippen molar-refractivity contribution in [3.05, 3.63) is 35.4 Å². The molecule has 0 bridgehead atoms. The summed E-state index contributed by atoms with van der Waals surface area (Å²) in [7, 11) is -3.35. The maximum absolute atomic E-state index is 13.6. The second-order valence-electron chi connectivity index (χ2n) is 12.9. The number of rotatable bonds is 7. The van der Waals surface area contributed by atoms with Gasteiger partial charge in [0.15, 0.2) is 0 Å². The molecule has 1 saturated heterocycles. The lowest BCUT2D eigenvalue weighted by Crippen LogP contribution is -2.84. The van der Waals surface area contributed by atoms with Gasteiger partial charge in [-0.3, -0.25) is 9.69 Å². The molecule has 1 aromatic rings. The molecule has 1 saturated carbocycles. The predicted molar refractivity (Wildman–Crippen MR) is 141 cm³/mol. The first-order chi connectivity index (χ1) is 15.2. The van der Waals surface area contributed by atoms with Crippen LogP contribution in [0.2, 0.25) is 39.3 Å². The standard InChI is InChI=1S/C26H44N2O3Si2/c1-26(2)22(23(29)28(26)25(32(3,4)5)33(6,7)8)27(24(30)31)18-19-14-16-21(17-15-19)20-12-10-9-11-13-20/h14-17,20,22,25H,9-13,18H2,1-8H3,(H,30,31)/t22-/m0/s1.